The largest absolute Gasteiger partial charge is 0.320 e. The summed E-state index contributed by atoms with van der Waals surface area (Å²) in [7, 11) is 0. The summed E-state index contributed by atoms with van der Waals surface area (Å²) in [6.07, 6.45) is 4.50. The number of hydrogen-bond donors (Lipinski definition) is 1. The van der Waals surface area contributed by atoms with Gasteiger partial charge in [-0.3, -0.25) is 25.0 Å². The molecule has 1 fully saturated rings. The van der Waals surface area contributed by atoms with E-state index in [1.54, 1.807) is 0 Å². The summed E-state index contributed by atoms with van der Waals surface area (Å²) >= 11 is 1.21. The number of nitro groups is 2. The van der Waals surface area contributed by atoms with Crippen molar-refractivity contribution in [2.45, 2.75) is 42.8 Å². The fourth-order valence-corrected chi connectivity index (χ4v) is 4.40. The molecule has 0 heterocycles. The van der Waals surface area contributed by atoms with Crippen LogP contribution in [0.15, 0.2) is 47.4 Å². The number of carbonyl (C=O) groups is 1. The van der Waals surface area contributed by atoms with Gasteiger partial charge in [0.15, 0.2) is 0 Å². The van der Waals surface area contributed by atoms with Gasteiger partial charge in [0.05, 0.1) is 20.8 Å². The molecular formula is C20H21N3O5S. The third-order valence-electron chi connectivity index (χ3n) is 4.94. The van der Waals surface area contributed by atoms with Crippen molar-refractivity contribution in [3.05, 3.63) is 68.3 Å². The number of rotatable bonds is 7. The Labute approximate surface area is 172 Å². The maximum atomic E-state index is 12.6. The molecule has 152 valence electrons. The van der Waals surface area contributed by atoms with Crippen molar-refractivity contribution in [2.75, 3.05) is 5.32 Å². The Balaban J connectivity index is 1.89. The molecule has 1 amide bonds. The SMILES string of the molecule is O=C(Nc1cc(SCc2ccccc2)c([N+](=O)[O-])cc1[N+](=O)[O-])C1CCCCC1. The molecular weight excluding hydrogens is 394 g/mol. The van der Waals surface area contributed by atoms with Gasteiger partial charge < -0.3 is 5.32 Å². The minimum Gasteiger partial charge on any atom is -0.320 e. The molecule has 29 heavy (non-hydrogen) atoms. The molecule has 0 aromatic heterocycles. The van der Waals surface area contributed by atoms with Crippen molar-refractivity contribution in [3.8, 4) is 0 Å². The molecule has 1 aliphatic rings. The maximum absolute atomic E-state index is 12.6. The zero-order valence-electron chi connectivity index (χ0n) is 15.7. The molecule has 1 saturated carbocycles. The molecule has 0 saturated heterocycles. The van der Waals surface area contributed by atoms with Crippen LogP contribution in [0.5, 0.6) is 0 Å². The third kappa shape index (κ3) is 5.32. The molecule has 9 heteroatoms. The predicted octanol–water partition coefficient (Wildman–Crippen LogP) is 5.31. The molecule has 0 radical (unpaired) electrons. The highest BCUT2D eigenvalue weighted by Crippen LogP contribution is 2.39. The van der Waals surface area contributed by atoms with Crippen molar-refractivity contribution in [3.63, 3.8) is 0 Å². The summed E-state index contributed by atoms with van der Waals surface area (Å²) in [5, 5.41) is 25.6. The first kappa shape index (κ1) is 20.8. The standard InChI is InChI=1S/C20H21N3O5S/c24-20(15-9-5-2-6-10-15)21-16-11-19(29-13-14-7-3-1-4-8-14)18(23(27)28)12-17(16)22(25)26/h1,3-4,7-8,11-12,15H,2,5-6,9-10,13H2,(H,21,24). The van der Waals surface area contributed by atoms with Gasteiger partial charge in [-0.15, -0.1) is 11.8 Å². The van der Waals surface area contributed by atoms with Crippen LogP contribution in [0.25, 0.3) is 0 Å². The fraction of sp³-hybridized carbons (Fsp3) is 0.350. The lowest BCUT2D eigenvalue weighted by Crippen LogP contribution is -2.25. The Kier molecular flexibility index (Phi) is 6.82. The van der Waals surface area contributed by atoms with Gasteiger partial charge in [-0.25, -0.2) is 0 Å². The van der Waals surface area contributed by atoms with E-state index in [-0.39, 0.29) is 28.1 Å². The Morgan fingerprint density at radius 2 is 1.66 bits per heavy atom. The normalized spacial score (nSPS) is 14.3. The summed E-state index contributed by atoms with van der Waals surface area (Å²) in [5.41, 5.74) is 0.169. The minimum atomic E-state index is -0.699. The second-order valence-electron chi connectivity index (χ2n) is 6.95. The Bertz CT molecular complexity index is 914. The molecule has 8 nitrogen and oxygen atoms in total. The fourth-order valence-electron chi connectivity index (χ4n) is 3.40. The predicted molar refractivity (Wildman–Crippen MR) is 111 cm³/mol. The summed E-state index contributed by atoms with van der Waals surface area (Å²) in [5.74, 6) is 0.0230. The first-order valence-electron chi connectivity index (χ1n) is 9.40. The first-order valence-corrected chi connectivity index (χ1v) is 10.4. The minimum absolute atomic E-state index is 0.00624. The average Bonchev–Trinajstić information content (AvgIpc) is 2.73. The monoisotopic (exact) mass is 415 g/mol. The highest BCUT2D eigenvalue weighted by Gasteiger charge is 2.28. The van der Waals surface area contributed by atoms with Gasteiger partial charge in [0.25, 0.3) is 11.4 Å². The van der Waals surface area contributed by atoms with Crippen LogP contribution in [-0.4, -0.2) is 15.8 Å². The number of thioether (sulfide) groups is 1. The summed E-state index contributed by atoms with van der Waals surface area (Å²) in [6, 6.07) is 11.7. The van der Waals surface area contributed by atoms with E-state index in [9.17, 15) is 25.0 Å². The number of nitrogens with zero attached hydrogens (tertiary/aromatic N) is 2. The molecule has 2 aromatic rings. The lowest BCUT2D eigenvalue weighted by molar-refractivity contribution is -0.395. The van der Waals surface area contributed by atoms with Crippen LogP contribution in [0.2, 0.25) is 0 Å². The Morgan fingerprint density at radius 1 is 1.00 bits per heavy atom. The third-order valence-corrected chi connectivity index (χ3v) is 6.06. The number of nitrogens with one attached hydrogen (secondary N) is 1. The van der Waals surface area contributed by atoms with Crippen LogP contribution in [0.3, 0.4) is 0 Å². The molecule has 0 unspecified atom stereocenters. The summed E-state index contributed by atoms with van der Waals surface area (Å²) in [6.45, 7) is 0. The molecule has 3 rings (SSSR count). The molecule has 0 bridgehead atoms. The van der Waals surface area contributed by atoms with E-state index in [1.807, 2.05) is 30.3 Å². The van der Waals surface area contributed by atoms with Crippen LogP contribution in [-0.2, 0) is 10.5 Å². The number of carbonyl (C=O) groups excluding carboxylic acids is 1. The quantitative estimate of drug-likeness (QED) is 0.372. The maximum Gasteiger partial charge on any atom is 0.299 e. The van der Waals surface area contributed by atoms with Crippen molar-refractivity contribution in [1.29, 1.82) is 0 Å². The highest BCUT2D eigenvalue weighted by atomic mass is 32.2. The highest BCUT2D eigenvalue weighted by molar-refractivity contribution is 7.98. The van der Waals surface area contributed by atoms with Crippen LogP contribution >= 0.6 is 11.8 Å². The van der Waals surface area contributed by atoms with Gasteiger partial charge in [-0.2, -0.15) is 0 Å². The molecule has 0 aliphatic heterocycles. The van der Waals surface area contributed by atoms with Crippen molar-refractivity contribution < 1.29 is 14.6 Å². The van der Waals surface area contributed by atoms with Gasteiger partial charge >= 0.3 is 0 Å². The second-order valence-corrected chi connectivity index (χ2v) is 7.97. The van der Waals surface area contributed by atoms with E-state index in [1.165, 1.54) is 17.8 Å². The molecule has 2 aromatic carbocycles. The number of amides is 1. The second kappa shape index (κ2) is 9.51. The van der Waals surface area contributed by atoms with E-state index in [4.69, 9.17) is 0 Å². The molecule has 0 atom stereocenters. The lowest BCUT2D eigenvalue weighted by atomic mass is 9.88. The zero-order chi connectivity index (χ0) is 20.8. The molecule has 1 aliphatic carbocycles. The summed E-state index contributed by atoms with van der Waals surface area (Å²) < 4.78 is 0. The van der Waals surface area contributed by atoms with Gasteiger partial charge in [0.1, 0.15) is 5.69 Å². The van der Waals surface area contributed by atoms with Gasteiger partial charge in [0.2, 0.25) is 5.91 Å². The van der Waals surface area contributed by atoms with Crippen molar-refractivity contribution in [1.82, 2.24) is 0 Å². The number of benzene rings is 2. The molecule has 0 spiro atoms. The topological polar surface area (TPSA) is 115 Å². The number of anilines is 1. The van der Waals surface area contributed by atoms with Crippen LogP contribution in [0, 0.1) is 26.1 Å². The van der Waals surface area contributed by atoms with Crippen LogP contribution < -0.4 is 5.32 Å². The van der Waals surface area contributed by atoms with E-state index in [0.29, 0.717) is 5.75 Å². The Hall–Kier alpha value is -2.94. The van der Waals surface area contributed by atoms with Crippen molar-refractivity contribution >= 4 is 34.7 Å². The lowest BCUT2D eigenvalue weighted by Gasteiger charge is -2.20. The first-order chi connectivity index (χ1) is 14.0. The van der Waals surface area contributed by atoms with Gasteiger partial charge in [0, 0.05) is 11.7 Å². The number of nitro benzene ring substituents is 2. The van der Waals surface area contributed by atoms with E-state index < -0.39 is 15.5 Å². The van der Waals surface area contributed by atoms with E-state index in [0.717, 1.165) is 43.7 Å². The summed E-state index contributed by atoms with van der Waals surface area (Å²) in [4.78, 5) is 34.5. The van der Waals surface area contributed by atoms with Crippen molar-refractivity contribution in [2.24, 2.45) is 5.92 Å². The van der Waals surface area contributed by atoms with E-state index in [2.05, 4.69) is 5.32 Å². The van der Waals surface area contributed by atoms with Gasteiger partial charge in [-0.1, -0.05) is 49.6 Å². The number of hydrogen-bond acceptors (Lipinski definition) is 6. The van der Waals surface area contributed by atoms with Crippen LogP contribution in [0.1, 0.15) is 37.7 Å². The average molecular weight is 415 g/mol. The Morgan fingerprint density at radius 3 is 2.28 bits per heavy atom. The van der Waals surface area contributed by atoms with Gasteiger partial charge in [-0.05, 0) is 24.5 Å². The zero-order valence-corrected chi connectivity index (χ0v) is 16.5. The van der Waals surface area contributed by atoms with Crippen LogP contribution in [0.4, 0.5) is 17.1 Å². The smallest absolute Gasteiger partial charge is 0.299 e. The molecule has 1 N–H and O–H groups in total. The van der Waals surface area contributed by atoms with E-state index >= 15 is 0 Å².